The van der Waals surface area contributed by atoms with Gasteiger partial charge in [-0.15, -0.1) is 10.2 Å². The van der Waals surface area contributed by atoms with Gasteiger partial charge < -0.3 is 14.1 Å². The highest BCUT2D eigenvalue weighted by molar-refractivity contribution is 5.77. The fourth-order valence-electron chi connectivity index (χ4n) is 2.15. The molecular weight excluding hydrogens is 234 g/mol. The van der Waals surface area contributed by atoms with Crippen LogP contribution in [0.15, 0.2) is 4.42 Å². The van der Waals surface area contributed by atoms with E-state index in [2.05, 4.69) is 17.1 Å². The highest BCUT2D eigenvalue weighted by Crippen LogP contribution is 2.26. The molecule has 18 heavy (non-hydrogen) atoms. The number of carbonyl (C=O) groups excluding carboxylic acids is 1. The minimum Gasteiger partial charge on any atom is -0.425 e. The third-order valence-corrected chi connectivity index (χ3v) is 3.10. The third kappa shape index (κ3) is 2.87. The van der Waals surface area contributed by atoms with Gasteiger partial charge in [0.25, 0.3) is 0 Å². The molecule has 6 nitrogen and oxygen atoms in total. The average Bonchev–Trinajstić information content (AvgIpc) is 2.97. The second-order valence-electron chi connectivity index (χ2n) is 4.54. The van der Waals surface area contributed by atoms with Crippen LogP contribution in [0.4, 0.5) is 0 Å². The zero-order valence-electron chi connectivity index (χ0n) is 10.9. The molecule has 2 heterocycles. The monoisotopic (exact) mass is 253 g/mol. The molecule has 1 amide bonds. The van der Waals surface area contributed by atoms with Crippen LogP contribution in [0.2, 0.25) is 0 Å². The van der Waals surface area contributed by atoms with Gasteiger partial charge in [0.05, 0.1) is 5.92 Å². The van der Waals surface area contributed by atoms with Gasteiger partial charge in [0, 0.05) is 26.6 Å². The Hall–Kier alpha value is -1.43. The minimum atomic E-state index is 0.0216. The fraction of sp³-hybridized carbons (Fsp3) is 0.750. The number of ether oxygens (including phenoxy) is 1. The van der Waals surface area contributed by atoms with Gasteiger partial charge in [0.2, 0.25) is 17.7 Å². The van der Waals surface area contributed by atoms with E-state index in [0.29, 0.717) is 18.3 Å². The Balaban J connectivity index is 1.93. The Morgan fingerprint density at radius 3 is 3.11 bits per heavy atom. The highest BCUT2D eigenvalue weighted by atomic mass is 16.5. The van der Waals surface area contributed by atoms with Crippen molar-refractivity contribution in [3.63, 3.8) is 0 Å². The first kappa shape index (κ1) is 13.0. The van der Waals surface area contributed by atoms with Crippen molar-refractivity contribution in [1.82, 2.24) is 15.1 Å². The summed E-state index contributed by atoms with van der Waals surface area (Å²) in [5.41, 5.74) is 0. The average molecular weight is 253 g/mol. The molecule has 1 unspecified atom stereocenters. The van der Waals surface area contributed by atoms with Gasteiger partial charge in [0.15, 0.2) is 0 Å². The lowest BCUT2D eigenvalue weighted by Gasteiger charge is -2.14. The topological polar surface area (TPSA) is 68.5 Å². The molecule has 1 aromatic heterocycles. The first-order valence-electron chi connectivity index (χ1n) is 6.33. The SMILES string of the molecule is CCCc1nnc(C2CCN(C(=O)COC)C2)o1. The molecule has 1 aliphatic heterocycles. The summed E-state index contributed by atoms with van der Waals surface area (Å²) in [7, 11) is 1.53. The Kier molecular flexibility index (Phi) is 4.30. The summed E-state index contributed by atoms with van der Waals surface area (Å²) in [6.07, 6.45) is 2.68. The van der Waals surface area contributed by atoms with Crippen molar-refractivity contribution in [3.05, 3.63) is 11.8 Å². The van der Waals surface area contributed by atoms with E-state index in [1.54, 1.807) is 4.90 Å². The molecule has 1 fully saturated rings. The molecule has 0 spiro atoms. The van der Waals surface area contributed by atoms with E-state index in [0.717, 1.165) is 25.8 Å². The van der Waals surface area contributed by atoms with Gasteiger partial charge in [-0.05, 0) is 12.8 Å². The standard InChI is InChI=1S/C12H19N3O3/c1-3-4-10-13-14-12(18-10)9-5-6-15(7-9)11(16)8-17-2/h9H,3-8H2,1-2H3. The first-order chi connectivity index (χ1) is 8.74. The molecule has 0 N–H and O–H groups in total. The van der Waals surface area contributed by atoms with E-state index in [4.69, 9.17) is 9.15 Å². The van der Waals surface area contributed by atoms with Crippen molar-refractivity contribution < 1.29 is 13.9 Å². The zero-order chi connectivity index (χ0) is 13.0. The van der Waals surface area contributed by atoms with Gasteiger partial charge in [-0.25, -0.2) is 0 Å². The minimum absolute atomic E-state index is 0.0216. The number of methoxy groups -OCH3 is 1. The molecule has 0 aromatic carbocycles. The Morgan fingerprint density at radius 1 is 1.56 bits per heavy atom. The molecule has 0 radical (unpaired) electrons. The normalized spacial score (nSPS) is 19.4. The predicted molar refractivity (Wildman–Crippen MR) is 64.1 cm³/mol. The zero-order valence-corrected chi connectivity index (χ0v) is 10.9. The van der Waals surface area contributed by atoms with Crippen LogP contribution in [-0.2, 0) is 16.0 Å². The molecule has 1 atom stereocenters. The summed E-state index contributed by atoms with van der Waals surface area (Å²) in [5.74, 6) is 1.54. The summed E-state index contributed by atoms with van der Waals surface area (Å²) >= 11 is 0. The maximum Gasteiger partial charge on any atom is 0.248 e. The largest absolute Gasteiger partial charge is 0.425 e. The number of carbonyl (C=O) groups is 1. The predicted octanol–water partition coefficient (Wildman–Crippen LogP) is 0.984. The summed E-state index contributed by atoms with van der Waals surface area (Å²) in [6.45, 7) is 3.59. The summed E-state index contributed by atoms with van der Waals surface area (Å²) in [4.78, 5) is 13.5. The number of likely N-dealkylation sites (tertiary alicyclic amines) is 1. The number of hydrogen-bond acceptors (Lipinski definition) is 5. The van der Waals surface area contributed by atoms with E-state index in [-0.39, 0.29) is 18.4 Å². The Bertz CT molecular complexity index is 405. The number of amides is 1. The Labute approximate surface area is 106 Å². The number of nitrogens with zero attached hydrogens (tertiary/aromatic N) is 3. The van der Waals surface area contributed by atoms with Crippen LogP contribution in [-0.4, -0.2) is 47.8 Å². The summed E-state index contributed by atoms with van der Waals surface area (Å²) < 4.78 is 10.5. The molecule has 6 heteroatoms. The van der Waals surface area contributed by atoms with E-state index < -0.39 is 0 Å². The quantitative estimate of drug-likeness (QED) is 0.782. The van der Waals surface area contributed by atoms with E-state index in [9.17, 15) is 4.79 Å². The Morgan fingerprint density at radius 2 is 2.39 bits per heavy atom. The molecule has 0 saturated carbocycles. The van der Waals surface area contributed by atoms with Gasteiger partial charge in [-0.3, -0.25) is 4.79 Å². The van der Waals surface area contributed by atoms with Crippen molar-refractivity contribution in [2.75, 3.05) is 26.8 Å². The van der Waals surface area contributed by atoms with Gasteiger partial charge in [-0.1, -0.05) is 6.92 Å². The van der Waals surface area contributed by atoms with E-state index in [1.807, 2.05) is 0 Å². The van der Waals surface area contributed by atoms with Crippen molar-refractivity contribution in [2.45, 2.75) is 32.1 Å². The second-order valence-corrected chi connectivity index (χ2v) is 4.54. The molecule has 0 bridgehead atoms. The molecule has 1 aromatic rings. The lowest BCUT2D eigenvalue weighted by molar-refractivity contribution is -0.134. The van der Waals surface area contributed by atoms with Crippen LogP contribution in [0.1, 0.15) is 37.5 Å². The molecule has 100 valence electrons. The second kappa shape index (κ2) is 5.95. The van der Waals surface area contributed by atoms with Crippen LogP contribution in [0.3, 0.4) is 0 Å². The maximum atomic E-state index is 11.7. The molecule has 0 aliphatic carbocycles. The van der Waals surface area contributed by atoms with Crippen LogP contribution >= 0.6 is 0 Å². The van der Waals surface area contributed by atoms with Crippen molar-refractivity contribution in [1.29, 1.82) is 0 Å². The van der Waals surface area contributed by atoms with Crippen molar-refractivity contribution in [2.24, 2.45) is 0 Å². The maximum absolute atomic E-state index is 11.7. The molecule has 1 aliphatic rings. The van der Waals surface area contributed by atoms with Crippen LogP contribution in [0.25, 0.3) is 0 Å². The molecule has 1 saturated heterocycles. The number of aryl methyl sites for hydroxylation is 1. The molecular formula is C12H19N3O3. The van der Waals surface area contributed by atoms with Gasteiger partial charge in [0.1, 0.15) is 6.61 Å². The van der Waals surface area contributed by atoms with Gasteiger partial charge in [-0.2, -0.15) is 0 Å². The van der Waals surface area contributed by atoms with Crippen molar-refractivity contribution >= 4 is 5.91 Å². The van der Waals surface area contributed by atoms with E-state index in [1.165, 1.54) is 7.11 Å². The lowest BCUT2D eigenvalue weighted by atomic mass is 10.1. The van der Waals surface area contributed by atoms with Crippen LogP contribution in [0.5, 0.6) is 0 Å². The number of rotatable bonds is 5. The van der Waals surface area contributed by atoms with Crippen LogP contribution in [0, 0.1) is 0 Å². The highest BCUT2D eigenvalue weighted by Gasteiger charge is 2.30. The number of aromatic nitrogens is 2. The summed E-state index contributed by atoms with van der Waals surface area (Å²) in [6, 6.07) is 0. The summed E-state index contributed by atoms with van der Waals surface area (Å²) in [5, 5.41) is 8.08. The smallest absolute Gasteiger partial charge is 0.248 e. The van der Waals surface area contributed by atoms with Crippen LogP contribution < -0.4 is 0 Å². The van der Waals surface area contributed by atoms with Crippen molar-refractivity contribution in [3.8, 4) is 0 Å². The lowest BCUT2D eigenvalue weighted by Crippen LogP contribution is -2.31. The first-order valence-corrected chi connectivity index (χ1v) is 6.33. The number of hydrogen-bond donors (Lipinski definition) is 0. The van der Waals surface area contributed by atoms with Gasteiger partial charge >= 0.3 is 0 Å². The third-order valence-electron chi connectivity index (χ3n) is 3.10. The van der Waals surface area contributed by atoms with E-state index >= 15 is 0 Å². The fourth-order valence-corrected chi connectivity index (χ4v) is 2.15. The molecule has 2 rings (SSSR count).